The van der Waals surface area contributed by atoms with Crippen molar-refractivity contribution in [1.82, 2.24) is 14.3 Å². The largest absolute Gasteiger partial charge is 0.337 e. The maximum Gasteiger partial charge on any atom is 0.240 e. The second kappa shape index (κ2) is 6.64. The van der Waals surface area contributed by atoms with Gasteiger partial charge in [-0.3, -0.25) is 4.79 Å². The number of aryl methyl sites for hydroxylation is 1. The first-order valence-electron chi connectivity index (χ1n) is 6.55. The Morgan fingerprint density at radius 1 is 1.38 bits per heavy atom. The molecule has 0 aliphatic heterocycles. The summed E-state index contributed by atoms with van der Waals surface area (Å²) in [5.41, 5.74) is 0.385. The fourth-order valence-corrected chi connectivity index (χ4v) is 2.97. The van der Waals surface area contributed by atoms with Crippen LogP contribution in [-0.4, -0.2) is 30.3 Å². The van der Waals surface area contributed by atoms with E-state index in [0.717, 1.165) is 0 Å². The molecule has 21 heavy (non-hydrogen) atoms. The van der Waals surface area contributed by atoms with Crippen LogP contribution in [0.15, 0.2) is 47.9 Å². The Kier molecular flexibility index (Phi) is 4.87. The molecular formula is C14H17N3O3S. The van der Waals surface area contributed by atoms with E-state index in [1.54, 1.807) is 24.7 Å². The predicted molar refractivity (Wildman–Crippen MR) is 78.5 cm³/mol. The van der Waals surface area contributed by atoms with Crippen molar-refractivity contribution in [2.75, 3.05) is 6.54 Å². The lowest BCUT2D eigenvalue weighted by Crippen LogP contribution is -2.25. The molecule has 0 aliphatic carbocycles. The smallest absolute Gasteiger partial charge is 0.240 e. The summed E-state index contributed by atoms with van der Waals surface area (Å²) in [6, 6.07) is 6.03. The highest BCUT2D eigenvalue weighted by Gasteiger charge is 2.14. The van der Waals surface area contributed by atoms with E-state index in [4.69, 9.17) is 0 Å². The predicted octanol–water partition coefficient (Wildman–Crippen LogP) is 1.45. The SMILES string of the molecule is CC(=O)c1cccc(S(=O)(=O)NCCCn2ccnc2)c1. The molecule has 0 fully saturated rings. The summed E-state index contributed by atoms with van der Waals surface area (Å²) in [5, 5.41) is 0. The summed E-state index contributed by atoms with van der Waals surface area (Å²) in [6.07, 6.45) is 5.84. The molecule has 2 aromatic rings. The quantitative estimate of drug-likeness (QED) is 0.620. The van der Waals surface area contributed by atoms with Crippen LogP contribution in [0.2, 0.25) is 0 Å². The minimum absolute atomic E-state index is 0.109. The molecule has 1 aromatic heterocycles. The Hall–Kier alpha value is -1.99. The van der Waals surface area contributed by atoms with E-state index in [-0.39, 0.29) is 10.7 Å². The van der Waals surface area contributed by atoms with Crippen LogP contribution in [0.4, 0.5) is 0 Å². The molecule has 0 saturated heterocycles. The maximum atomic E-state index is 12.1. The first-order valence-corrected chi connectivity index (χ1v) is 8.04. The van der Waals surface area contributed by atoms with Gasteiger partial charge in [0.1, 0.15) is 0 Å². The second-order valence-corrected chi connectivity index (χ2v) is 6.40. The van der Waals surface area contributed by atoms with Gasteiger partial charge in [-0.2, -0.15) is 0 Å². The molecule has 6 nitrogen and oxygen atoms in total. The van der Waals surface area contributed by atoms with Gasteiger partial charge in [0.05, 0.1) is 11.2 Å². The van der Waals surface area contributed by atoms with E-state index >= 15 is 0 Å². The van der Waals surface area contributed by atoms with Crippen LogP contribution in [-0.2, 0) is 16.6 Å². The van der Waals surface area contributed by atoms with Gasteiger partial charge in [0.15, 0.2) is 5.78 Å². The zero-order valence-corrected chi connectivity index (χ0v) is 12.5. The van der Waals surface area contributed by atoms with E-state index in [2.05, 4.69) is 9.71 Å². The highest BCUT2D eigenvalue weighted by atomic mass is 32.2. The number of aromatic nitrogens is 2. The number of hydrogen-bond donors (Lipinski definition) is 1. The molecule has 1 heterocycles. The van der Waals surface area contributed by atoms with Crippen molar-refractivity contribution in [1.29, 1.82) is 0 Å². The van der Waals surface area contributed by atoms with Crippen LogP contribution < -0.4 is 4.72 Å². The summed E-state index contributed by atoms with van der Waals surface area (Å²) in [5.74, 6) is -0.160. The molecule has 0 saturated carbocycles. The van der Waals surface area contributed by atoms with E-state index in [0.29, 0.717) is 25.1 Å². The Morgan fingerprint density at radius 2 is 2.19 bits per heavy atom. The lowest BCUT2D eigenvalue weighted by molar-refractivity contribution is 0.101. The van der Waals surface area contributed by atoms with Crippen LogP contribution in [0, 0.1) is 0 Å². The third-order valence-electron chi connectivity index (χ3n) is 3.00. The van der Waals surface area contributed by atoms with Crippen molar-refractivity contribution in [2.45, 2.75) is 24.8 Å². The average Bonchev–Trinajstić information content (AvgIpc) is 2.97. The third kappa shape index (κ3) is 4.24. The molecule has 0 unspecified atom stereocenters. The fourth-order valence-electron chi connectivity index (χ4n) is 1.85. The van der Waals surface area contributed by atoms with Gasteiger partial charge in [-0.25, -0.2) is 18.1 Å². The Labute approximate surface area is 123 Å². The minimum Gasteiger partial charge on any atom is -0.337 e. The van der Waals surface area contributed by atoms with E-state index in [1.165, 1.54) is 19.1 Å². The van der Waals surface area contributed by atoms with Crippen LogP contribution in [0.1, 0.15) is 23.7 Å². The van der Waals surface area contributed by atoms with Crippen LogP contribution >= 0.6 is 0 Å². The summed E-state index contributed by atoms with van der Waals surface area (Å²) in [7, 11) is -3.58. The maximum absolute atomic E-state index is 12.1. The van der Waals surface area contributed by atoms with Crippen LogP contribution in [0.3, 0.4) is 0 Å². The Balaban J connectivity index is 1.95. The number of Topliss-reactive ketones (excluding diaryl/α,β-unsaturated/α-hetero) is 1. The monoisotopic (exact) mass is 307 g/mol. The number of carbonyl (C=O) groups excluding carboxylic acids is 1. The first kappa shape index (κ1) is 15.4. The van der Waals surface area contributed by atoms with Gasteiger partial charge in [-0.15, -0.1) is 0 Å². The number of rotatable bonds is 7. The number of nitrogens with zero attached hydrogens (tertiary/aromatic N) is 2. The molecule has 112 valence electrons. The second-order valence-electron chi connectivity index (χ2n) is 4.64. The van der Waals surface area contributed by atoms with Gasteiger partial charge in [-0.1, -0.05) is 12.1 Å². The number of benzene rings is 1. The third-order valence-corrected chi connectivity index (χ3v) is 4.45. The van der Waals surface area contributed by atoms with Crippen LogP contribution in [0.5, 0.6) is 0 Å². The first-order chi connectivity index (χ1) is 9.99. The van der Waals surface area contributed by atoms with Gasteiger partial charge in [-0.05, 0) is 25.5 Å². The molecule has 1 aromatic carbocycles. The summed E-state index contributed by atoms with van der Waals surface area (Å²) < 4.78 is 28.7. The summed E-state index contributed by atoms with van der Waals surface area (Å²) in [4.78, 5) is 15.3. The minimum atomic E-state index is -3.58. The lowest BCUT2D eigenvalue weighted by atomic mass is 10.2. The Bertz CT molecular complexity index is 709. The van der Waals surface area contributed by atoms with Crippen molar-refractivity contribution >= 4 is 15.8 Å². The van der Waals surface area contributed by atoms with Crippen LogP contribution in [0.25, 0.3) is 0 Å². The lowest BCUT2D eigenvalue weighted by Gasteiger charge is -2.08. The number of hydrogen-bond acceptors (Lipinski definition) is 4. The van der Waals surface area contributed by atoms with Gasteiger partial charge in [0, 0.05) is 31.0 Å². The topological polar surface area (TPSA) is 81.1 Å². The van der Waals surface area contributed by atoms with E-state index in [1.807, 2.05) is 10.8 Å². The van der Waals surface area contributed by atoms with Gasteiger partial charge in [0.25, 0.3) is 0 Å². The number of carbonyl (C=O) groups is 1. The van der Waals surface area contributed by atoms with Gasteiger partial charge < -0.3 is 4.57 Å². The molecule has 0 aliphatic rings. The molecular weight excluding hydrogens is 290 g/mol. The number of imidazole rings is 1. The fraction of sp³-hybridized carbons (Fsp3) is 0.286. The average molecular weight is 307 g/mol. The molecule has 2 rings (SSSR count). The highest BCUT2D eigenvalue weighted by molar-refractivity contribution is 7.89. The molecule has 0 spiro atoms. The van der Waals surface area contributed by atoms with Crippen molar-refractivity contribution in [3.8, 4) is 0 Å². The molecule has 7 heteroatoms. The van der Waals surface area contributed by atoms with E-state index < -0.39 is 10.0 Å². The Morgan fingerprint density at radius 3 is 2.86 bits per heavy atom. The summed E-state index contributed by atoms with van der Waals surface area (Å²) >= 11 is 0. The van der Waals surface area contributed by atoms with Crippen molar-refractivity contribution < 1.29 is 13.2 Å². The van der Waals surface area contributed by atoms with Crippen molar-refractivity contribution in [3.05, 3.63) is 48.5 Å². The highest BCUT2D eigenvalue weighted by Crippen LogP contribution is 2.12. The van der Waals surface area contributed by atoms with Crippen molar-refractivity contribution in [2.24, 2.45) is 0 Å². The number of nitrogens with one attached hydrogen (secondary N) is 1. The number of ketones is 1. The molecule has 1 N–H and O–H groups in total. The molecule has 0 bridgehead atoms. The summed E-state index contributed by atoms with van der Waals surface area (Å²) in [6.45, 7) is 2.42. The zero-order valence-electron chi connectivity index (χ0n) is 11.7. The molecule has 0 amide bonds. The standard InChI is InChI=1S/C14H17N3O3S/c1-12(18)13-4-2-5-14(10-13)21(19,20)16-6-3-8-17-9-7-15-11-17/h2,4-5,7,9-11,16H,3,6,8H2,1H3. The van der Waals surface area contributed by atoms with E-state index in [9.17, 15) is 13.2 Å². The molecule has 0 radical (unpaired) electrons. The molecule has 0 atom stereocenters. The zero-order chi connectivity index (χ0) is 15.3. The van der Waals surface area contributed by atoms with Gasteiger partial charge in [0.2, 0.25) is 10.0 Å². The number of sulfonamides is 1. The van der Waals surface area contributed by atoms with Crippen molar-refractivity contribution in [3.63, 3.8) is 0 Å². The normalized spacial score (nSPS) is 11.5. The van der Waals surface area contributed by atoms with Gasteiger partial charge >= 0.3 is 0 Å².